The molecular weight excluding hydrogens is 402 g/mol. The van der Waals surface area contributed by atoms with Gasteiger partial charge in [0.05, 0.1) is 5.69 Å². The van der Waals surface area contributed by atoms with Crippen LogP contribution < -0.4 is 5.32 Å². The second kappa shape index (κ2) is 9.33. The van der Waals surface area contributed by atoms with Crippen molar-refractivity contribution in [2.45, 2.75) is 17.6 Å². The second-order valence-electron chi connectivity index (χ2n) is 5.83. The second-order valence-corrected chi connectivity index (χ2v) is 6.86. The number of aromatic nitrogens is 1. The maximum Gasteiger partial charge on any atom is 0.344 e. The van der Waals surface area contributed by atoms with E-state index in [0.29, 0.717) is 23.0 Å². The Morgan fingerprint density at radius 3 is 2.55 bits per heavy atom. The molecule has 0 aliphatic rings. The molecule has 0 saturated heterocycles. The van der Waals surface area contributed by atoms with E-state index < -0.39 is 24.2 Å². The number of nitrogens with zero attached hydrogens (tertiary/aromatic N) is 1. The van der Waals surface area contributed by atoms with Crippen molar-refractivity contribution in [1.82, 2.24) is 5.16 Å². The molecule has 0 bridgehead atoms. The van der Waals surface area contributed by atoms with E-state index in [1.165, 1.54) is 12.1 Å². The summed E-state index contributed by atoms with van der Waals surface area (Å²) in [5, 5.41) is 6.36. The number of hydrogen-bond donors (Lipinski definition) is 1. The van der Waals surface area contributed by atoms with Gasteiger partial charge in [-0.2, -0.15) is 8.78 Å². The van der Waals surface area contributed by atoms with Crippen molar-refractivity contribution >= 4 is 29.3 Å². The third kappa shape index (κ3) is 5.20. The van der Waals surface area contributed by atoms with Crippen LogP contribution in [-0.4, -0.2) is 29.4 Å². The third-order valence-corrected chi connectivity index (χ3v) is 4.61. The molecule has 9 heteroatoms. The van der Waals surface area contributed by atoms with E-state index in [4.69, 9.17) is 9.26 Å². The number of halogens is 2. The number of para-hydroxylation sites is 1. The molecule has 1 heterocycles. The number of nitrogens with one attached hydrogen (secondary N) is 1. The van der Waals surface area contributed by atoms with Gasteiger partial charge in [0.1, 0.15) is 17.0 Å². The highest BCUT2D eigenvalue weighted by Gasteiger charge is 2.23. The average molecular weight is 418 g/mol. The summed E-state index contributed by atoms with van der Waals surface area (Å²) in [7, 11) is 0. The molecule has 0 aliphatic heterocycles. The number of amides is 1. The van der Waals surface area contributed by atoms with Crippen LogP contribution in [0.4, 0.5) is 14.5 Å². The quantitative estimate of drug-likeness (QED) is 0.440. The third-order valence-electron chi connectivity index (χ3n) is 3.83. The van der Waals surface area contributed by atoms with Crippen molar-refractivity contribution in [3.63, 3.8) is 0 Å². The summed E-state index contributed by atoms with van der Waals surface area (Å²) in [6.45, 7) is 0.972. The van der Waals surface area contributed by atoms with E-state index in [-0.39, 0.29) is 21.9 Å². The summed E-state index contributed by atoms with van der Waals surface area (Å²) >= 11 is 0.315. The van der Waals surface area contributed by atoms with Gasteiger partial charge in [0.25, 0.3) is 11.7 Å². The van der Waals surface area contributed by atoms with Crippen molar-refractivity contribution < 1.29 is 27.6 Å². The van der Waals surface area contributed by atoms with Crippen LogP contribution in [0.15, 0.2) is 64.0 Å². The van der Waals surface area contributed by atoms with Gasteiger partial charge in [-0.1, -0.05) is 59.4 Å². The zero-order valence-electron chi connectivity index (χ0n) is 15.2. The highest BCUT2D eigenvalue weighted by Crippen LogP contribution is 2.31. The van der Waals surface area contributed by atoms with E-state index in [0.717, 1.165) is 0 Å². The zero-order valence-corrected chi connectivity index (χ0v) is 16.0. The molecule has 1 N–H and O–H groups in total. The predicted molar refractivity (Wildman–Crippen MR) is 104 cm³/mol. The summed E-state index contributed by atoms with van der Waals surface area (Å²) in [6, 6.07) is 15.1. The molecule has 0 spiro atoms. The Kier molecular flexibility index (Phi) is 6.61. The summed E-state index contributed by atoms with van der Waals surface area (Å²) in [4.78, 5) is 24.8. The number of alkyl halides is 2. The van der Waals surface area contributed by atoms with Crippen LogP contribution in [0.1, 0.15) is 16.1 Å². The molecule has 0 fully saturated rings. The smallest absolute Gasteiger partial charge is 0.344 e. The number of thioether (sulfide) groups is 1. The van der Waals surface area contributed by atoms with Crippen LogP contribution in [0, 0.1) is 6.92 Å². The number of anilines is 1. The first-order chi connectivity index (χ1) is 14.0. The molecule has 150 valence electrons. The lowest BCUT2D eigenvalue weighted by molar-refractivity contribution is -0.119. The van der Waals surface area contributed by atoms with Gasteiger partial charge in [-0.25, -0.2) is 4.79 Å². The number of rotatable bonds is 7. The number of aryl methyl sites for hydroxylation is 1. The Morgan fingerprint density at radius 1 is 1.14 bits per heavy atom. The van der Waals surface area contributed by atoms with E-state index in [1.807, 2.05) is 6.07 Å². The lowest BCUT2D eigenvalue weighted by atomic mass is 10.1. The SMILES string of the molecule is Cc1onc(-c2ccccc2)c1C(=O)OCC(=O)Nc1ccccc1SC(F)F. The summed E-state index contributed by atoms with van der Waals surface area (Å²) in [5.41, 5.74) is 1.31. The van der Waals surface area contributed by atoms with Crippen LogP contribution in [0.3, 0.4) is 0 Å². The fourth-order valence-corrected chi connectivity index (χ4v) is 3.16. The molecule has 1 amide bonds. The molecule has 0 unspecified atom stereocenters. The zero-order chi connectivity index (χ0) is 20.8. The average Bonchev–Trinajstić information content (AvgIpc) is 3.09. The molecule has 2 aromatic carbocycles. The van der Waals surface area contributed by atoms with E-state index in [1.54, 1.807) is 43.3 Å². The van der Waals surface area contributed by atoms with E-state index >= 15 is 0 Å². The summed E-state index contributed by atoms with van der Waals surface area (Å²) in [5.74, 6) is -3.80. The molecule has 3 aromatic rings. The van der Waals surface area contributed by atoms with Gasteiger partial charge in [-0.15, -0.1) is 0 Å². The van der Waals surface area contributed by atoms with Gasteiger partial charge in [0, 0.05) is 10.5 Å². The highest BCUT2D eigenvalue weighted by molar-refractivity contribution is 7.99. The molecular formula is C20H16F2N2O4S. The lowest BCUT2D eigenvalue weighted by Gasteiger charge is -2.10. The highest BCUT2D eigenvalue weighted by atomic mass is 32.2. The van der Waals surface area contributed by atoms with Crippen LogP contribution in [0.25, 0.3) is 11.3 Å². The summed E-state index contributed by atoms with van der Waals surface area (Å²) < 4.78 is 35.4. The molecule has 1 aromatic heterocycles. The molecule has 0 aliphatic carbocycles. The molecule has 0 atom stereocenters. The molecule has 29 heavy (non-hydrogen) atoms. The fraction of sp³-hybridized carbons (Fsp3) is 0.150. The number of esters is 1. The number of hydrogen-bond acceptors (Lipinski definition) is 6. The number of benzene rings is 2. The topological polar surface area (TPSA) is 81.4 Å². The standard InChI is InChI=1S/C20H16F2N2O4S/c1-12-17(18(24-28-12)13-7-3-2-4-8-13)19(26)27-11-16(25)23-14-9-5-6-10-15(14)29-20(21)22/h2-10,20H,11H2,1H3,(H,23,25). The lowest BCUT2D eigenvalue weighted by Crippen LogP contribution is -2.21. The molecule has 6 nitrogen and oxygen atoms in total. The number of ether oxygens (including phenoxy) is 1. The minimum absolute atomic E-state index is 0.123. The number of carbonyl (C=O) groups is 2. The normalized spacial score (nSPS) is 10.8. The fourth-order valence-electron chi connectivity index (χ4n) is 2.56. The van der Waals surface area contributed by atoms with Crippen LogP contribution >= 0.6 is 11.8 Å². The van der Waals surface area contributed by atoms with E-state index in [2.05, 4.69) is 10.5 Å². The maximum absolute atomic E-state index is 12.6. The van der Waals surface area contributed by atoms with Crippen LogP contribution in [0.5, 0.6) is 0 Å². The summed E-state index contributed by atoms with van der Waals surface area (Å²) in [6.07, 6.45) is 0. The van der Waals surface area contributed by atoms with Crippen molar-refractivity contribution in [3.8, 4) is 11.3 Å². The Balaban J connectivity index is 1.67. The first kappa shape index (κ1) is 20.5. The van der Waals surface area contributed by atoms with Gasteiger partial charge in [-0.05, 0) is 19.1 Å². The number of carbonyl (C=O) groups excluding carboxylic acids is 2. The Labute approximate surface area is 169 Å². The van der Waals surface area contributed by atoms with Crippen LogP contribution in [-0.2, 0) is 9.53 Å². The Hall–Kier alpha value is -3.20. The first-order valence-electron chi connectivity index (χ1n) is 8.48. The van der Waals surface area contributed by atoms with Crippen LogP contribution in [0.2, 0.25) is 0 Å². The monoisotopic (exact) mass is 418 g/mol. The Morgan fingerprint density at radius 2 is 1.83 bits per heavy atom. The molecule has 0 radical (unpaired) electrons. The molecule has 3 rings (SSSR count). The minimum atomic E-state index is -2.63. The van der Waals surface area contributed by atoms with Crippen molar-refractivity contribution in [2.75, 3.05) is 11.9 Å². The van der Waals surface area contributed by atoms with Crippen molar-refractivity contribution in [1.29, 1.82) is 0 Å². The van der Waals surface area contributed by atoms with Crippen molar-refractivity contribution in [3.05, 3.63) is 65.9 Å². The first-order valence-corrected chi connectivity index (χ1v) is 9.36. The van der Waals surface area contributed by atoms with Gasteiger partial charge in [0.2, 0.25) is 0 Å². The van der Waals surface area contributed by atoms with Gasteiger partial charge >= 0.3 is 5.97 Å². The molecule has 0 saturated carbocycles. The Bertz CT molecular complexity index is 1010. The predicted octanol–water partition coefficient (Wildman–Crippen LogP) is 4.76. The minimum Gasteiger partial charge on any atom is -0.452 e. The van der Waals surface area contributed by atoms with Crippen molar-refractivity contribution in [2.24, 2.45) is 0 Å². The maximum atomic E-state index is 12.6. The van der Waals surface area contributed by atoms with Gasteiger partial charge < -0.3 is 14.6 Å². The van der Waals surface area contributed by atoms with Gasteiger partial charge in [0.15, 0.2) is 6.61 Å². The van der Waals surface area contributed by atoms with E-state index in [9.17, 15) is 18.4 Å². The largest absolute Gasteiger partial charge is 0.452 e. The van der Waals surface area contributed by atoms with Gasteiger partial charge in [-0.3, -0.25) is 4.79 Å².